The number of ether oxygens (including phenoxy) is 1. The van der Waals surface area contributed by atoms with Gasteiger partial charge in [-0.25, -0.2) is 4.79 Å². The Morgan fingerprint density at radius 1 is 1.40 bits per heavy atom. The fourth-order valence-electron chi connectivity index (χ4n) is 1.49. The Labute approximate surface area is 114 Å². The van der Waals surface area contributed by atoms with Gasteiger partial charge >= 0.3 is 5.97 Å². The first kappa shape index (κ1) is 15.4. The third-order valence-corrected chi connectivity index (χ3v) is 2.46. The van der Waals surface area contributed by atoms with E-state index >= 15 is 0 Å². The summed E-state index contributed by atoms with van der Waals surface area (Å²) in [5.41, 5.74) is 10.7. The Bertz CT molecular complexity index is 544. The minimum absolute atomic E-state index is 0.0352. The van der Waals surface area contributed by atoms with Crippen molar-refractivity contribution in [1.82, 2.24) is 0 Å². The van der Waals surface area contributed by atoms with Crippen LogP contribution in [-0.4, -0.2) is 36.0 Å². The van der Waals surface area contributed by atoms with Crippen molar-refractivity contribution in [2.75, 3.05) is 12.4 Å². The summed E-state index contributed by atoms with van der Waals surface area (Å²) in [4.78, 5) is 33.2. The number of primary amides is 1. The molecule has 6 N–H and O–H groups in total. The van der Waals surface area contributed by atoms with Crippen LogP contribution in [0.1, 0.15) is 16.8 Å². The van der Waals surface area contributed by atoms with Gasteiger partial charge in [-0.1, -0.05) is 0 Å². The molecular formula is C12H15N3O5. The highest BCUT2D eigenvalue weighted by Gasteiger charge is 2.17. The number of methoxy groups -OCH3 is 1. The van der Waals surface area contributed by atoms with Gasteiger partial charge in [-0.2, -0.15) is 0 Å². The molecular weight excluding hydrogens is 266 g/mol. The number of aromatic carboxylic acids is 1. The van der Waals surface area contributed by atoms with E-state index in [-0.39, 0.29) is 17.7 Å². The van der Waals surface area contributed by atoms with Crippen LogP contribution in [0, 0.1) is 0 Å². The van der Waals surface area contributed by atoms with E-state index in [1.807, 2.05) is 0 Å². The van der Waals surface area contributed by atoms with Crippen LogP contribution in [0.3, 0.4) is 0 Å². The van der Waals surface area contributed by atoms with E-state index in [1.54, 1.807) is 0 Å². The number of anilines is 1. The number of carbonyl (C=O) groups excluding carboxylic acids is 2. The van der Waals surface area contributed by atoms with Crippen LogP contribution in [0.4, 0.5) is 5.69 Å². The standard InChI is InChI=1S/C12H15N3O5/c1-20-9-4-6(2-3-7(9)12(18)19)15-11(17)8(13)5-10(14)16/h2-4,8H,5,13H2,1H3,(H2,14,16)(H,15,17)(H,18,19). The molecule has 1 rings (SSSR count). The summed E-state index contributed by atoms with van der Waals surface area (Å²) in [7, 11) is 1.31. The van der Waals surface area contributed by atoms with E-state index < -0.39 is 23.8 Å². The molecule has 1 atom stereocenters. The zero-order valence-corrected chi connectivity index (χ0v) is 10.8. The number of carboxylic acid groups (broad SMARTS) is 1. The van der Waals surface area contributed by atoms with Gasteiger partial charge in [0.1, 0.15) is 11.3 Å². The minimum atomic E-state index is -1.15. The summed E-state index contributed by atoms with van der Waals surface area (Å²) in [5, 5.41) is 11.4. The Kier molecular flexibility index (Phi) is 5.04. The summed E-state index contributed by atoms with van der Waals surface area (Å²) in [6, 6.07) is 2.95. The molecule has 0 aliphatic heterocycles. The lowest BCUT2D eigenvalue weighted by atomic mass is 10.1. The number of rotatable bonds is 6. The van der Waals surface area contributed by atoms with Crippen molar-refractivity contribution in [3.8, 4) is 5.75 Å². The molecule has 0 spiro atoms. The highest BCUT2D eigenvalue weighted by atomic mass is 16.5. The van der Waals surface area contributed by atoms with Crippen LogP contribution in [0.5, 0.6) is 5.75 Å². The van der Waals surface area contributed by atoms with Crippen molar-refractivity contribution in [1.29, 1.82) is 0 Å². The van der Waals surface area contributed by atoms with Crippen LogP contribution in [0.2, 0.25) is 0 Å². The van der Waals surface area contributed by atoms with Crippen LogP contribution in [0.25, 0.3) is 0 Å². The predicted molar refractivity (Wildman–Crippen MR) is 70.4 cm³/mol. The van der Waals surface area contributed by atoms with Crippen LogP contribution in [-0.2, 0) is 9.59 Å². The lowest BCUT2D eigenvalue weighted by Gasteiger charge is -2.12. The number of hydrogen-bond donors (Lipinski definition) is 4. The van der Waals surface area contributed by atoms with E-state index in [9.17, 15) is 14.4 Å². The second kappa shape index (κ2) is 6.53. The molecule has 1 unspecified atom stereocenters. The third kappa shape index (κ3) is 3.95. The Morgan fingerprint density at radius 2 is 2.05 bits per heavy atom. The van der Waals surface area contributed by atoms with Crippen molar-refractivity contribution in [2.24, 2.45) is 11.5 Å². The first-order valence-corrected chi connectivity index (χ1v) is 5.61. The van der Waals surface area contributed by atoms with Gasteiger partial charge in [0.25, 0.3) is 0 Å². The zero-order valence-electron chi connectivity index (χ0n) is 10.8. The zero-order chi connectivity index (χ0) is 15.3. The van der Waals surface area contributed by atoms with Gasteiger partial charge in [0.2, 0.25) is 11.8 Å². The number of nitrogens with one attached hydrogen (secondary N) is 1. The second-order valence-electron chi connectivity index (χ2n) is 3.99. The van der Waals surface area contributed by atoms with E-state index in [2.05, 4.69) is 5.32 Å². The van der Waals surface area contributed by atoms with Crippen molar-refractivity contribution < 1.29 is 24.2 Å². The quantitative estimate of drug-likeness (QED) is 0.555. The summed E-state index contributed by atoms with van der Waals surface area (Å²) in [6.07, 6.45) is -0.282. The molecule has 2 amide bonds. The highest BCUT2D eigenvalue weighted by molar-refractivity contribution is 5.98. The molecule has 0 aromatic heterocycles. The van der Waals surface area contributed by atoms with E-state index in [4.69, 9.17) is 21.3 Å². The van der Waals surface area contributed by atoms with Gasteiger partial charge in [0.05, 0.1) is 19.6 Å². The number of nitrogens with two attached hydrogens (primary N) is 2. The summed E-state index contributed by atoms with van der Waals surface area (Å²) >= 11 is 0. The van der Waals surface area contributed by atoms with Gasteiger partial charge in [0.15, 0.2) is 0 Å². The molecule has 0 radical (unpaired) electrons. The fraction of sp³-hybridized carbons (Fsp3) is 0.250. The maximum absolute atomic E-state index is 11.7. The van der Waals surface area contributed by atoms with E-state index in [0.717, 1.165) is 0 Å². The molecule has 1 aromatic carbocycles. The molecule has 8 heteroatoms. The molecule has 0 bridgehead atoms. The van der Waals surface area contributed by atoms with Crippen molar-refractivity contribution in [3.63, 3.8) is 0 Å². The summed E-state index contributed by atoms with van der Waals surface area (Å²) in [5.74, 6) is -2.34. The van der Waals surface area contributed by atoms with Crippen molar-refractivity contribution in [3.05, 3.63) is 23.8 Å². The molecule has 20 heavy (non-hydrogen) atoms. The van der Waals surface area contributed by atoms with Crippen LogP contribution < -0.4 is 21.5 Å². The van der Waals surface area contributed by atoms with Gasteiger partial charge < -0.3 is 26.6 Å². The topological polar surface area (TPSA) is 145 Å². The van der Waals surface area contributed by atoms with E-state index in [1.165, 1.54) is 25.3 Å². The average molecular weight is 281 g/mol. The fourth-order valence-corrected chi connectivity index (χ4v) is 1.49. The molecule has 0 fully saturated rings. The summed E-state index contributed by atoms with van der Waals surface area (Å²) in [6.45, 7) is 0. The first-order chi connectivity index (χ1) is 9.35. The maximum atomic E-state index is 11.7. The lowest BCUT2D eigenvalue weighted by molar-refractivity contribution is -0.123. The smallest absolute Gasteiger partial charge is 0.339 e. The average Bonchev–Trinajstić information content (AvgIpc) is 2.37. The maximum Gasteiger partial charge on any atom is 0.339 e. The Balaban J connectivity index is 2.86. The highest BCUT2D eigenvalue weighted by Crippen LogP contribution is 2.23. The molecule has 0 saturated heterocycles. The minimum Gasteiger partial charge on any atom is -0.496 e. The molecule has 108 valence electrons. The van der Waals surface area contributed by atoms with Gasteiger partial charge in [0, 0.05) is 11.8 Å². The molecule has 0 aliphatic rings. The predicted octanol–water partition coefficient (Wildman–Crippen LogP) is -0.465. The number of benzene rings is 1. The van der Waals surface area contributed by atoms with Gasteiger partial charge in [-0.15, -0.1) is 0 Å². The largest absolute Gasteiger partial charge is 0.496 e. The number of carboxylic acids is 1. The number of carbonyl (C=O) groups is 3. The SMILES string of the molecule is COc1cc(NC(=O)C(N)CC(N)=O)ccc1C(=O)O. The molecule has 1 aromatic rings. The molecule has 0 heterocycles. The van der Waals surface area contributed by atoms with Crippen molar-refractivity contribution in [2.45, 2.75) is 12.5 Å². The first-order valence-electron chi connectivity index (χ1n) is 5.61. The number of amides is 2. The van der Waals surface area contributed by atoms with Crippen molar-refractivity contribution >= 4 is 23.5 Å². The van der Waals surface area contributed by atoms with Gasteiger partial charge in [-0.05, 0) is 12.1 Å². The normalized spacial score (nSPS) is 11.5. The van der Waals surface area contributed by atoms with Gasteiger partial charge in [-0.3, -0.25) is 9.59 Å². The molecule has 8 nitrogen and oxygen atoms in total. The molecule has 0 aliphatic carbocycles. The Morgan fingerprint density at radius 3 is 2.55 bits per heavy atom. The number of hydrogen-bond acceptors (Lipinski definition) is 5. The lowest BCUT2D eigenvalue weighted by Crippen LogP contribution is -2.39. The van der Waals surface area contributed by atoms with Crippen LogP contribution in [0.15, 0.2) is 18.2 Å². The second-order valence-corrected chi connectivity index (χ2v) is 3.99. The summed E-state index contributed by atoms with van der Waals surface area (Å²) < 4.78 is 4.92. The Hall–Kier alpha value is -2.61. The third-order valence-electron chi connectivity index (χ3n) is 2.46. The monoisotopic (exact) mass is 281 g/mol. The van der Waals surface area contributed by atoms with Crippen LogP contribution >= 0.6 is 0 Å². The molecule has 0 saturated carbocycles. The van der Waals surface area contributed by atoms with E-state index in [0.29, 0.717) is 5.69 Å².